The maximum atomic E-state index is 11.4. The molecule has 2 fully saturated rings. The minimum Gasteiger partial charge on any atom is -0.480 e. The molecule has 0 unspecified atom stereocenters. The van der Waals surface area contributed by atoms with E-state index in [0.717, 1.165) is 18.6 Å². The Kier molecular flexibility index (Phi) is 3.26. The fraction of sp³-hybridized carbons (Fsp3) is 0.923. The Morgan fingerprint density at radius 1 is 1.31 bits per heavy atom. The molecule has 2 aliphatic rings. The van der Waals surface area contributed by atoms with Gasteiger partial charge in [0, 0.05) is 0 Å². The highest BCUT2D eigenvalue weighted by Crippen LogP contribution is 2.63. The third-order valence-electron chi connectivity index (χ3n) is 4.07. The lowest BCUT2D eigenvalue weighted by Gasteiger charge is -2.52. The molecule has 0 atom stereocenters. The number of thioether (sulfide) groups is 1. The van der Waals surface area contributed by atoms with Crippen LogP contribution in [0.4, 0.5) is 0 Å². The van der Waals surface area contributed by atoms with Crippen LogP contribution in [0.5, 0.6) is 0 Å². The van der Waals surface area contributed by atoms with Gasteiger partial charge in [-0.3, -0.25) is 4.79 Å². The van der Waals surface area contributed by atoms with Crippen molar-refractivity contribution >= 4 is 17.7 Å². The Labute approximate surface area is 102 Å². The van der Waals surface area contributed by atoms with Crippen molar-refractivity contribution in [3.8, 4) is 0 Å². The summed E-state index contributed by atoms with van der Waals surface area (Å²) < 4.78 is -0.436. The van der Waals surface area contributed by atoms with Gasteiger partial charge in [0.25, 0.3) is 0 Å². The van der Waals surface area contributed by atoms with Gasteiger partial charge in [-0.1, -0.05) is 26.7 Å². The number of carboxylic acid groups (broad SMARTS) is 1. The van der Waals surface area contributed by atoms with E-state index in [1.807, 2.05) is 0 Å². The number of aliphatic carboxylic acids is 1. The summed E-state index contributed by atoms with van der Waals surface area (Å²) in [5.74, 6) is 0.986. The quantitative estimate of drug-likeness (QED) is 0.819. The van der Waals surface area contributed by atoms with Gasteiger partial charge in [0.15, 0.2) is 0 Å². The van der Waals surface area contributed by atoms with Crippen molar-refractivity contribution in [2.24, 2.45) is 11.3 Å². The average molecular weight is 242 g/mol. The first-order valence-electron chi connectivity index (χ1n) is 6.35. The minimum atomic E-state index is -0.573. The second kappa shape index (κ2) is 4.25. The second-order valence-corrected chi connectivity index (χ2v) is 7.47. The third kappa shape index (κ3) is 2.11. The van der Waals surface area contributed by atoms with Crippen LogP contribution in [-0.2, 0) is 4.79 Å². The maximum Gasteiger partial charge on any atom is 0.319 e. The number of carbonyl (C=O) groups is 1. The standard InChI is InChI=1S/C13H22O2S/c1-10(2)7-16-13(11(14)15)8-12(9-13)5-3-4-6-12/h10H,3-9H2,1-2H3,(H,14,15). The molecule has 2 rings (SSSR count). The van der Waals surface area contributed by atoms with E-state index >= 15 is 0 Å². The summed E-state index contributed by atoms with van der Waals surface area (Å²) in [6.07, 6.45) is 7.00. The summed E-state index contributed by atoms with van der Waals surface area (Å²) in [6, 6.07) is 0. The third-order valence-corrected chi connectivity index (χ3v) is 5.92. The topological polar surface area (TPSA) is 37.3 Å². The van der Waals surface area contributed by atoms with Gasteiger partial charge >= 0.3 is 5.97 Å². The van der Waals surface area contributed by atoms with E-state index in [0.29, 0.717) is 11.3 Å². The number of carboxylic acids is 1. The molecular weight excluding hydrogens is 220 g/mol. The van der Waals surface area contributed by atoms with Crippen molar-refractivity contribution < 1.29 is 9.90 Å². The van der Waals surface area contributed by atoms with Gasteiger partial charge in [-0.25, -0.2) is 0 Å². The van der Waals surface area contributed by atoms with Crippen LogP contribution in [0.2, 0.25) is 0 Å². The molecule has 0 aromatic heterocycles. The maximum absolute atomic E-state index is 11.4. The molecule has 0 amide bonds. The SMILES string of the molecule is CC(C)CSC1(C(=O)O)CC2(CCCC2)C1. The van der Waals surface area contributed by atoms with E-state index < -0.39 is 10.7 Å². The zero-order valence-corrected chi connectivity index (χ0v) is 11.1. The summed E-state index contributed by atoms with van der Waals surface area (Å²) >= 11 is 1.69. The van der Waals surface area contributed by atoms with Crippen LogP contribution in [0.1, 0.15) is 52.4 Å². The fourth-order valence-electron chi connectivity index (χ4n) is 3.28. The first kappa shape index (κ1) is 12.3. The Morgan fingerprint density at radius 3 is 2.31 bits per heavy atom. The molecular formula is C13H22O2S. The Bertz CT molecular complexity index is 272. The summed E-state index contributed by atoms with van der Waals surface area (Å²) in [6.45, 7) is 4.32. The molecule has 1 N–H and O–H groups in total. The van der Waals surface area contributed by atoms with Crippen LogP contribution in [0, 0.1) is 11.3 Å². The summed E-state index contributed by atoms with van der Waals surface area (Å²) in [5.41, 5.74) is 0.419. The van der Waals surface area contributed by atoms with Gasteiger partial charge in [-0.2, -0.15) is 0 Å². The van der Waals surface area contributed by atoms with Crippen molar-refractivity contribution in [2.45, 2.75) is 57.1 Å². The molecule has 16 heavy (non-hydrogen) atoms. The van der Waals surface area contributed by atoms with Crippen molar-refractivity contribution in [1.82, 2.24) is 0 Å². The van der Waals surface area contributed by atoms with Crippen LogP contribution in [0.3, 0.4) is 0 Å². The van der Waals surface area contributed by atoms with Gasteiger partial charge < -0.3 is 5.11 Å². The molecule has 0 aromatic rings. The lowest BCUT2D eigenvalue weighted by atomic mass is 9.60. The molecule has 92 valence electrons. The molecule has 1 spiro atoms. The zero-order chi connectivity index (χ0) is 11.8. The fourth-order valence-corrected chi connectivity index (χ4v) is 4.87. The zero-order valence-electron chi connectivity index (χ0n) is 10.3. The van der Waals surface area contributed by atoms with Crippen molar-refractivity contribution in [2.75, 3.05) is 5.75 Å². The van der Waals surface area contributed by atoms with Gasteiger partial charge in [-0.15, -0.1) is 11.8 Å². The first-order valence-corrected chi connectivity index (χ1v) is 7.34. The normalized spacial score (nSPS) is 25.9. The average Bonchev–Trinajstić information content (AvgIpc) is 2.60. The van der Waals surface area contributed by atoms with Crippen molar-refractivity contribution in [3.05, 3.63) is 0 Å². The Balaban J connectivity index is 1.96. The first-order chi connectivity index (χ1) is 7.48. The van der Waals surface area contributed by atoms with Crippen LogP contribution in [-0.4, -0.2) is 21.6 Å². The van der Waals surface area contributed by atoms with E-state index in [4.69, 9.17) is 0 Å². The number of hydrogen-bond acceptors (Lipinski definition) is 2. The van der Waals surface area contributed by atoms with Crippen molar-refractivity contribution in [3.63, 3.8) is 0 Å². The molecule has 0 saturated heterocycles. The lowest BCUT2D eigenvalue weighted by molar-refractivity contribution is -0.146. The number of rotatable bonds is 4. The summed E-state index contributed by atoms with van der Waals surface area (Å²) in [7, 11) is 0. The van der Waals surface area contributed by atoms with E-state index in [-0.39, 0.29) is 0 Å². The van der Waals surface area contributed by atoms with Gasteiger partial charge in [0.1, 0.15) is 4.75 Å². The predicted molar refractivity (Wildman–Crippen MR) is 67.8 cm³/mol. The highest BCUT2D eigenvalue weighted by atomic mass is 32.2. The van der Waals surface area contributed by atoms with Crippen LogP contribution < -0.4 is 0 Å². The van der Waals surface area contributed by atoms with E-state index in [1.54, 1.807) is 11.8 Å². The molecule has 2 aliphatic carbocycles. The van der Waals surface area contributed by atoms with Gasteiger partial charge in [0.2, 0.25) is 0 Å². The van der Waals surface area contributed by atoms with Crippen molar-refractivity contribution in [1.29, 1.82) is 0 Å². The molecule has 0 bridgehead atoms. The highest BCUT2D eigenvalue weighted by molar-refractivity contribution is 8.01. The van der Waals surface area contributed by atoms with Crippen LogP contribution >= 0.6 is 11.8 Å². The molecule has 0 aliphatic heterocycles. The van der Waals surface area contributed by atoms with Gasteiger partial charge in [0.05, 0.1) is 0 Å². The van der Waals surface area contributed by atoms with Crippen LogP contribution in [0.15, 0.2) is 0 Å². The molecule has 0 aromatic carbocycles. The molecule has 2 nitrogen and oxygen atoms in total. The van der Waals surface area contributed by atoms with E-state index in [2.05, 4.69) is 13.8 Å². The molecule has 0 heterocycles. The lowest BCUT2D eigenvalue weighted by Crippen LogP contribution is -2.53. The van der Waals surface area contributed by atoms with Gasteiger partial charge in [-0.05, 0) is 42.8 Å². The number of hydrogen-bond donors (Lipinski definition) is 1. The second-order valence-electron chi connectivity index (χ2n) is 6.06. The summed E-state index contributed by atoms with van der Waals surface area (Å²) in [4.78, 5) is 11.4. The smallest absolute Gasteiger partial charge is 0.319 e. The van der Waals surface area contributed by atoms with Crippen LogP contribution in [0.25, 0.3) is 0 Å². The minimum absolute atomic E-state index is 0.419. The predicted octanol–water partition coefficient (Wildman–Crippen LogP) is 3.55. The monoisotopic (exact) mass is 242 g/mol. The Hall–Kier alpha value is -0.180. The highest BCUT2D eigenvalue weighted by Gasteiger charge is 2.59. The molecule has 3 heteroatoms. The van der Waals surface area contributed by atoms with E-state index in [9.17, 15) is 9.90 Å². The Morgan fingerprint density at radius 2 is 1.88 bits per heavy atom. The molecule has 2 saturated carbocycles. The van der Waals surface area contributed by atoms with E-state index in [1.165, 1.54) is 25.7 Å². The molecule has 0 radical (unpaired) electrons. The summed E-state index contributed by atoms with van der Waals surface area (Å²) in [5, 5.41) is 9.42. The largest absolute Gasteiger partial charge is 0.480 e.